The van der Waals surface area contributed by atoms with Crippen LogP contribution in [0.3, 0.4) is 0 Å². The Morgan fingerprint density at radius 3 is 2.44 bits per heavy atom. The Labute approximate surface area is 190 Å². The number of benzene rings is 2. The van der Waals surface area contributed by atoms with Gasteiger partial charge in [-0.2, -0.15) is 0 Å². The van der Waals surface area contributed by atoms with Gasteiger partial charge < -0.3 is 30.2 Å². The molecule has 0 fully saturated rings. The zero-order valence-electron chi connectivity index (χ0n) is 17.4. The van der Waals surface area contributed by atoms with Crippen molar-refractivity contribution in [2.45, 2.75) is 25.5 Å². The Kier molecular flexibility index (Phi) is 6.25. The molecule has 1 aliphatic rings. The molecule has 3 aromatic rings. The number of ether oxygens (including phenoxy) is 2. The van der Waals surface area contributed by atoms with Crippen molar-refractivity contribution in [3.63, 3.8) is 0 Å². The highest BCUT2D eigenvalue weighted by Gasteiger charge is 2.31. The van der Waals surface area contributed by atoms with Crippen LogP contribution in [0.25, 0.3) is 11.1 Å². The van der Waals surface area contributed by atoms with Gasteiger partial charge in [-0.05, 0) is 33.7 Å². The van der Waals surface area contributed by atoms with Gasteiger partial charge >= 0.3 is 24.2 Å². The summed E-state index contributed by atoms with van der Waals surface area (Å²) in [6.45, 7) is 0.647. The molecule has 0 saturated carbocycles. The number of nitro groups is 1. The van der Waals surface area contributed by atoms with Crippen LogP contribution in [-0.4, -0.2) is 39.5 Å². The van der Waals surface area contributed by atoms with E-state index in [1.165, 1.54) is 35.0 Å². The van der Waals surface area contributed by atoms with Crippen LogP contribution in [0.1, 0.15) is 5.56 Å². The number of carbonyl (C=O) groups is 1. The molecule has 0 bridgehead atoms. The Morgan fingerprint density at radius 1 is 1.18 bits per heavy atom. The fourth-order valence-electron chi connectivity index (χ4n) is 3.36. The summed E-state index contributed by atoms with van der Waals surface area (Å²) in [4.78, 5) is 26.2. The second-order valence-electron chi connectivity index (χ2n) is 7.40. The summed E-state index contributed by atoms with van der Waals surface area (Å²) in [5.41, 5.74) is 2.31. The average Bonchev–Trinajstić information content (AvgIpc) is 3.21. The number of rotatable bonds is 6. The number of hydrogen-bond acceptors (Lipinski definition) is 6. The fourth-order valence-corrected chi connectivity index (χ4v) is 3.36. The zero-order chi connectivity index (χ0) is 24.3. The van der Waals surface area contributed by atoms with Gasteiger partial charge in [0.25, 0.3) is 0 Å². The summed E-state index contributed by atoms with van der Waals surface area (Å²) in [7, 11) is 0. The maximum absolute atomic E-state index is 12.3. The molecule has 178 valence electrons. The highest BCUT2D eigenvalue weighted by molar-refractivity contribution is 5.74. The van der Waals surface area contributed by atoms with E-state index in [-0.39, 0.29) is 37.3 Å². The van der Waals surface area contributed by atoms with Crippen molar-refractivity contribution in [3.05, 3.63) is 70.4 Å². The molecule has 4 rings (SSSR count). The molecule has 0 saturated heterocycles. The maximum atomic E-state index is 12.3. The van der Waals surface area contributed by atoms with E-state index in [0.29, 0.717) is 5.56 Å². The molecule has 0 spiro atoms. The summed E-state index contributed by atoms with van der Waals surface area (Å²) in [5.74, 6) is -0.622. The van der Waals surface area contributed by atoms with E-state index in [1.54, 1.807) is 24.3 Å². The van der Waals surface area contributed by atoms with Gasteiger partial charge in [-0.1, -0.05) is 36.4 Å². The molecule has 2 aromatic carbocycles. The van der Waals surface area contributed by atoms with Crippen LogP contribution in [0.5, 0.6) is 11.8 Å². The van der Waals surface area contributed by atoms with Gasteiger partial charge in [0.15, 0.2) is 0 Å². The second kappa shape index (κ2) is 9.29. The first-order valence-corrected chi connectivity index (χ1v) is 10.00. The van der Waals surface area contributed by atoms with Crippen LogP contribution < -0.4 is 20.1 Å². The molecule has 0 aliphatic carbocycles. The van der Waals surface area contributed by atoms with E-state index in [0.717, 1.165) is 11.1 Å². The molecule has 2 heterocycles. The topological polar surface area (TPSA) is 121 Å². The van der Waals surface area contributed by atoms with E-state index in [9.17, 15) is 28.1 Å². The number of alkyl halides is 3. The lowest BCUT2D eigenvalue weighted by molar-refractivity contribution is -0.389. The first kappa shape index (κ1) is 22.9. The molecule has 13 heteroatoms. The van der Waals surface area contributed by atoms with Crippen LogP contribution in [-0.2, 0) is 13.1 Å². The number of nitrogens with zero attached hydrogens (tertiary/aromatic N) is 3. The molecular formula is C21H18F3N5O5. The summed E-state index contributed by atoms with van der Waals surface area (Å²) in [5, 5.41) is 16.3. The number of carbonyl (C=O) groups excluding carboxylic acids is 1. The van der Waals surface area contributed by atoms with Crippen molar-refractivity contribution in [3.8, 4) is 22.9 Å². The van der Waals surface area contributed by atoms with Crippen LogP contribution in [0, 0.1) is 10.1 Å². The summed E-state index contributed by atoms with van der Waals surface area (Å²) in [6, 6.07) is 12.0. The minimum Gasteiger partial charge on any atom is -0.444 e. The summed E-state index contributed by atoms with van der Waals surface area (Å²) in [6.07, 6.45) is -3.49. The second-order valence-corrected chi connectivity index (χ2v) is 7.40. The molecule has 34 heavy (non-hydrogen) atoms. The van der Waals surface area contributed by atoms with Gasteiger partial charge in [0.2, 0.25) is 0 Å². The molecule has 1 atom stereocenters. The van der Waals surface area contributed by atoms with Crippen LogP contribution in [0.2, 0.25) is 0 Å². The van der Waals surface area contributed by atoms with Gasteiger partial charge in [-0.15, -0.1) is 13.2 Å². The Morgan fingerprint density at radius 2 is 1.82 bits per heavy atom. The highest BCUT2D eigenvalue weighted by Crippen LogP contribution is 2.27. The number of aromatic nitrogens is 2. The van der Waals surface area contributed by atoms with Crippen molar-refractivity contribution >= 4 is 11.8 Å². The van der Waals surface area contributed by atoms with Gasteiger partial charge in [-0.3, -0.25) is 4.57 Å². The lowest BCUT2D eigenvalue weighted by Crippen LogP contribution is -2.48. The van der Waals surface area contributed by atoms with Crippen LogP contribution >= 0.6 is 0 Å². The number of amides is 2. The number of hydrogen-bond donors (Lipinski definition) is 2. The molecular weight excluding hydrogens is 459 g/mol. The first-order valence-electron chi connectivity index (χ1n) is 10.00. The van der Waals surface area contributed by atoms with E-state index < -0.39 is 23.4 Å². The lowest BCUT2D eigenvalue weighted by Gasteiger charge is -2.23. The van der Waals surface area contributed by atoms with Crippen molar-refractivity contribution in [1.82, 2.24) is 20.2 Å². The van der Waals surface area contributed by atoms with E-state index >= 15 is 0 Å². The lowest BCUT2D eigenvalue weighted by atomic mass is 10.0. The Balaban J connectivity index is 1.27. The maximum Gasteiger partial charge on any atom is 0.573 e. The molecule has 10 nitrogen and oxygen atoms in total. The predicted octanol–water partition coefficient (Wildman–Crippen LogP) is 3.62. The standard InChI is InChI=1S/C21H18F3N5O5/c22-21(23,24)34-17-7-5-15(6-8-17)14-3-1-13(2-4-14)9-25-19(30)26-16-10-28-11-18(29(31)32)27-20(28)33-12-16/h1-8,11,16H,9-10,12H2,(H2,25,26,30)/t16-/m0/s1. The van der Waals surface area contributed by atoms with Gasteiger partial charge in [0, 0.05) is 11.5 Å². The number of fused-ring (bicyclic) bond motifs is 1. The van der Waals surface area contributed by atoms with Crippen molar-refractivity contribution in [2.75, 3.05) is 6.61 Å². The van der Waals surface area contributed by atoms with Gasteiger partial charge in [0.05, 0.1) is 12.6 Å². The van der Waals surface area contributed by atoms with Gasteiger partial charge in [0.1, 0.15) is 18.6 Å². The number of imidazole rings is 1. The quantitative estimate of drug-likeness (QED) is 0.413. The molecule has 2 N–H and O–H groups in total. The van der Waals surface area contributed by atoms with E-state index in [4.69, 9.17) is 4.74 Å². The number of halogens is 3. The third-order valence-electron chi connectivity index (χ3n) is 4.91. The zero-order valence-corrected chi connectivity index (χ0v) is 17.4. The monoisotopic (exact) mass is 477 g/mol. The highest BCUT2D eigenvalue weighted by atomic mass is 19.4. The number of urea groups is 1. The molecule has 2 amide bonds. The van der Waals surface area contributed by atoms with Crippen molar-refractivity contribution in [1.29, 1.82) is 0 Å². The number of nitrogens with one attached hydrogen (secondary N) is 2. The first-order chi connectivity index (χ1) is 16.2. The molecule has 1 aromatic heterocycles. The third kappa shape index (κ3) is 5.74. The molecule has 0 radical (unpaired) electrons. The normalized spacial score (nSPS) is 15.1. The Hall–Kier alpha value is -4.29. The van der Waals surface area contributed by atoms with Crippen molar-refractivity contribution in [2.24, 2.45) is 0 Å². The third-order valence-corrected chi connectivity index (χ3v) is 4.91. The minimum absolute atomic E-state index is 0.128. The van der Waals surface area contributed by atoms with Crippen LogP contribution in [0.4, 0.5) is 23.8 Å². The average molecular weight is 477 g/mol. The SMILES string of the molecule is O=C(NCc1ccc(-c2ccc(OC(F)(F)F)cc2)cc1)N[C@@H]1COc2nc([N+](=O)[O-])cn2C1. The largest absolute Gasteiger partial charge is 0.573 e. The fraction of sp³-hybridized carbons (Fsp3) is 0.238. The Bertz CT molecular complexity index is 1180. The molecule has 1 aliphatic heterocycles. The van der Waals surface area contributed by atoms with Gasteiger partial charge in [-0.25, -0.2) is 4.79 Å². The molecule has 0 unspecified atom stereocenters. The predicted molar refractivity (Wildman–Crippen MR) is 112 cm³/mol. The van der Waals surface area contributed by atoms with E-state index in [1.807, 2.05) is 0 Å². The summed E-state index contributed by atoms with van der Waals surface area (Å²) < 4.78 is 47.5. The van der Waals surface area contributed by atoms with Crippen LogP contribution in [0.15, 0.2) is 54.7 Å². The van der Waals surface area contributed by atoms with E-state index in [2.05, 4.69) is 20.4 Å². The summed E-state index contributed by atoms with van der Waals surface area (Å²) >= 11 is 0. The smallest absolute Gasteiger partial charge is 0.444 e. The minimum atomic E-state index is -4.74. The van der Waals surface area contributed by atoms with Crippen molar-refractivity contribution < 1.29 is 32.4 Å².